The highest BCUT2D eigenvalue weighted by atomic mass is 32.2. The Morgan fingerprint density at radius 2 is 1.79 bits per heavy atom. The van der Waals surface area contributed by atoms with Crippen LogP contribution < -0.4 is 0 Å². The molecular weight excluding hydrogens is 472 g/mol. The van der Waals surface area contributed by atoms with Gasteiger partial charge in [0.25, 0.3) is 0 Å². The van der Waals surface area contributed by atoms with Gasteiger partial charge in [0, 0.05) is 39.3 Å². The molecule has 1 atom stereocenters. The number of hydrogen-bond acceptors (Lipinski definition) is 4. The van der Waals surface area contributed by atoms with Gasteiger partial charge in [-0.25, -0.2) is 12.8 Å². The molecule has 3 rings (SSSR count). The Morgan fingerprint density at radius 1 is 1.09 bits per heavy atom. The third-order valence-electron chi connectivity index (χ3n) is 5.76. The van der Waals surface area contributed by atoms with E-state index in [1.54, 1.807) is 18.2 Å². The van der Waals surface area contributed by atoms with Crippen LogP contribution in [0.15, 0.2) is 48.5 Å². The molecule has 10 heteroatoms. The Labute approximate surface area is 198 Å². The van der Waals surface area contributed by atoms with Gasteiger partial charge in [-0.2, -0.15) is 17.5 Å². The van der Waals surface area contributed by atoms with Crippen molar-refractivity contribution in [2.75, 3.05) is 32.5 Å². The lowest BCUT2D eigenvalue weighted by Gasteiger charge is -2.31. The number of benzene rings is 2. The smallest absolute Gasteiger partial charge is 0.377 e. The summed E-state index contributed by atoms with van der Waals surface area (Å²) >= 11 is 0. The number of hydrogen-bond donors (Lipinski definition) is 0. The molecule has 1 aliphatic heterocycles. The van der Waals surface area contributed by atoms with Crippen molar-refractivity contribution >= 4 is 10.0 Å². The summed E-state index contributed by atoms with van der Waals surface area (Å²) in [5, 5.41) is 0. The van der Waals surface area contributed by atoms with E-state index in [1.165, 1.54) is 28.8 Å². The summed E-state index contributed by atoms with van der Waals surface area (Å²) < 4.78 is 83.5. The van der Waals surface area contributed by atoms with Crippen LogP contribution in [0.5, 0.6) is 0 Å². The van der Waals surface area contributed by atoms with Crippen molar-refractivity contribution in [3.8, 4) is 0 Å². The number of sulfonamides is 1. The van der Waals surface area contributed by atoms with Gasteiger partial charge in [0.05, 0.1) is 17.9 Å². The summed E-state index contributed by atoms with van der Waals surface area (Å²) in [6, 6.07) is 11.3. The molecule has 1 saturated heterocycles. The van der Waals surface area contributed by atoms with Crippen molar-refractivity contribution in [2.45, 2.75) is 44.6 Å². The molecule has 2 aromatic carbocycles. The fourth-order valence-electron chi connectivity index (χ4n) is 4.05. The lowest BCUT2D eigenvalue weighted by molar-refractivity contribution is -0.137. The second-order valence-corrected chi connectivity index (χ2v) is 10.6. The maximum Gasteiger partial charge on any atom is 0.416 e. The third-order valence-corrected chi connectivity index (χ3v) is 7.03. The van der Waals surface area contributed by atoms with Crippen molar-refractivity contribution in [1.82, 2.24) is 9.21 Å². The van der Waals surface area contributed by atoms with E-state index < -0.39 is 21.8 Å². The predicted molar refractivity (Wildman–Crippen MR) is 122 cm³/mol. The van der Waals surface area contributed by atoms with E-state index in [1.807, 2.05) is 4.90 Å². The van der Waals surface area contributed by atoms with Crippen molar-refractivity contribution < 1.29 is 30.7 Å². The molecule has 1 aliphatic rings. The molecule has 1 heterocycles. The highest BCUT2D eigenvalue weighted by Crippen LogP contribution is 2.30. The zero-order chi connectivity index (χ0) is 24.8. The number of rotatable bonds is 10. The molecule has 188 valence electrons. The zero-order valence-corrected chi connectivity index (χ0v) is 19.9. The average molecular weight is 503 g/mol. The first kappa shape index (κ1) is 26.6. The fourth-order valence-corrected chi connectivity index (χ4v) is 4.94. The number of piperidine rings is 1. The molecule has 34 heavy (non-hydrogen) atoms. The van der Waals surface area contributed by atoms with Gasteiger partial charge in [0.2, 0.25) is 10.0 Å². The Kier molecular flexibility index (Phi) is 9.08. The largest absolute Gasteiger partial charge is 0.416 e. The zero-order valence-electron chi connectivity index (χ0n) is 19.1. The van der Waals surface area contributed by atoms with Crippen LogP contribution in [-0.4, -0.2) is 56.2 Å². The van der Waals surface area contributed by atoms with Crippen LogP contribution in [0.2, 0.25) is 0 Å². The summed E-state index contributed by atoms with van der Waals surface area (Å²) in [4.78, 5) is 2.00. The van der Waals surface area contributed by atoms with Crippen molar-refractivity contribution in [3.63, 3.8) is 0 Å². The average Bonchev–Trinajstić information content (AvgIpc) is 2.77. The van der Waals surface area contributed by atoms with Gasteiger partial charge in [-0.15, -0.1) is 0 Å². The van der Waals surface area contributed by atoms with Crippen LogP contribution in [-0.2, 0) is 34.0 Å². The first-order chi connectivity index (χ1) is 16.0. The van der Waals surface area contributed by atoms with E-state index in [0.29, 0.717) is 51.3 Å². The third kappa shape index (κ3) is 8.33. The van der Waals surface area contributed by atoms with Crippen LogP contribution in [0, 0.1) is 5.82 Å². The molecule has 0 bridgehead atoms. The van der Waals surface area contributed by atoms with Gasteiger partial charge in [-0.05, 0) is 48.6 Å². The number of ether oxygens (including phenoxy) is 1. The molecule has 1 unspecified atom stereocenters. The van der Waals surface area contributed by atoms with E-state index in [0.717, 1.165) is 30.5 Å². The highest BCUT2D eigenvalue weighted by Gasteiger charge is 2.30. The highest BCUT2D eigenvalue weighted by molar-refractivity contribution is 7.88. The summed E-state index contributed by atoms with van der Waals surface area (Å²) in [7, 11) is -3.25. The summed E-state index contributed by atoms with van der Waals surface area (Å²) in [5.74, 6) is -0.350. The molecular formula is C24H30F4N2O3S. The minimum Gasteiger partial charge on any atom is -0.377 e. The second-order valence-electron chi connectivity index (χ2n) is 8.64. The minimum absolute atomic E-state index is 0.169. The Bertz CT molecular complexity index is 1030. The van der Waals surface area contributed by atoms with Gasteiger partial charge in [-0.1, -0.05) is 30.3 Å². The normalized spacial score (nSPS) is 17.9. The molecule has 0 N–H and O–H groups in total. The fraction of sp³-hybridized carbons (Fsp3) is 0.500. The van der Waals surface area contributed by atoms with E-state index >= 15 is 0 Å². The number of halogens is 4. The Balaban J connectivity index is 1.59. The first-order valence-electron chi connectivity index (χ1n) is 11.2. The van der Waals surface area contributed by atoms with Crippen molar-refractivity contribution in [2.24, 2.45) is 0 Å². The molecule has 1 fully saturated rings. The monoisotopic (exact) mass is 502 g/mol. The van der Waals surface area contributed by atoms with Crippen LogP contribution in [0.4, 0.5) is 17.6 Å². The van der Waals surface area contributed by atoms with Gasteiger partial charge in [0.1, 0.15) is 5.82 Å². The molecule has 0 aliphatic carbocycles. The maximum atomic E-state index is 13.3. The van der Waals surface area contributed by atoms with E-state index in [9.17, 15) is 26.0 Å². The number of nitrogens with zero attached hydrogens (tertiary/aromatic N) is 2. The molecule has 0 amide bonds. The lowest BCUT2D eigenvalue weighted by atomic mass is 10.1. The minimum atomic E-state index is -4.41. The van der Waals surface area contributed by atoms with Crippen LogP contribution in [0.25, 0.3) is 0 Å². The molecule has 2 aromatic rings. The maximum absolute atomic E-state index is 13.3. The molecule has 0 aromatic heterocycles. The Hall–Kier alpha value is -2.01. The van der Waals surface area contributed by atoms with Gasteiger partial charge < -0.3 is 4.74 Å². The topological polar surface area (TPSA) is 49.9 Å². The summed E-state index contributed by atoms with van der Waals surface area (Å²) in [6.45, 7) is 2.54. The lowest BCUT2D eigenvalue weighted by Crippen LogP contribution is -2.42. The summed E-state index contributed by atoms with van der Waals surface area (Å²) in [6.07, 6.45) is -1.24. The quantitative estimate of drug-likeness (QED) is 0.350. The van der Waals surface area contributed by atoms with Crippen LogP contribution >= 0.6 is 0 Å². The summed E-state index contributed by atoms with van der Waals surface area (Å²) in [5.41, 5.74) is 0.696. The van der Waals surface area contributed by atoms with Crippen LogP contribution in [0.1, 0.15) is 36.0 Å². The Morgan fingerprint density at radius 3 is 2.47 bits per heavy atom. The molecule has 0 spiro atoms. The predicted octanol–water partition coefficient (Wildman–Crippen LogP) is 4.68. The SMILES string of the molecule is CS(=O)(=O)N1CCCC(OCCCN(Cc2ccc(F)cc2)Cc2cccc(C(F)(F)F)c2)C1. The van der Waals surface area contributed by atoms with Gasteiger partial charge in [-0.3, -0.25) is 4.90 Å². The molecule has 0 saturated carbocycles. The van der Waals surface area contributed by atoms with E-state index in [2.05, 4.69) is 0 Å². The van der Waals surface area contributed by atoms with Crippen LogP contribution in [0.3, 0.4) is 0 Å². The van der Waals surface area contributed by atoms with Gasteiger partial charge in [0.15, 0.2) is 0 Å². The van der Waals surface area contributed by atoms with Crippen molar-refractivity contribution in [1.29, 1.82) is 0 Å². The standard InChI is InChI=1S/C24H30F4N2O3S/c1-34(31,32)30-13-3-7-23(18-30)33-14-4-12-29(16-19-8-10-22(25)11-9-19)17-20-5-2-6-21(15-20)24(26,27)28/h2,5-6,8-11,15,23H,3-4,7,12-14,16-18H2,1H3. The first-order valence-corrected chi connectivity index (χ1v) is 13.1. The number of alkyl halides is 3. The second kappa shape index (κ2) is 11.6. The van der Waals surface area contributed by atoms with Crippen molar-refractivity contribution in [3.05, 3.63) is 71.0 Å². The van der Waals surface area contributed by atoms with Gasteiger partial charge >= 0.3 is 6.18 Å². The van der Waals surface area contributed by atoms with E-state index in [-0.39, 0.29) is 11.9 Å². The van der Waals surface area contributed by atoms with E-state index in [4.69, 9.17) is 4.74 Å². The molecule has 5 nitrogen and oxygen atoms in total. The molecule has 0 radical (unpaired) electrons.